The first-order valence-corrected chi connectivity index (χ1v) is 8.58. The number of nitrogens with zero attached hydrogens (tertiary/aromatic N) is 6. The molecule has 0 amide bonds. The van der Waals surface area contributed by atoms with E-state index in [0.717, 1.165) is 17.5 Å². The summed E-state index contributed by atoms with van der Waals surface area (Å²) < 4.78 is 47.2. The van der Waals surface area contributed by atoms with Gasteiger partial charge >= 0.3 is 6.18 Å². The summed E-state index contributed by atoms with van der Waals surface area (Å²) in [5, 5.41) is 16.1. The van der Waals surface area contributed by atoms with Crippen LogP contribution in [0.25, 0.3) is 0 Å². The van der Waals surface area contributed by atoms with Crippen LogP contribution >= 0.6 is 0 Å². The Bertz CT molecular complexity index is 924. The van der Waals surface area contributed by atoms with E-state index in [-0.39, 0.29) is 12.5 Å². The Hall–Kier alpha value is -2.65. The van der Waals surface area contributed by atoms with E-state index in [9.17, 15) is 13.2 Å². The molecule has 0 spiro atoms. The number of halogens is 3. The third-order valence-corrected chi connectivity index (χ3v) is 4.26. The molecule has 0 saturated carbocycles. The van der Waals surface area contributed by atoms with Crippen LogP contribution < -0.4 is 0 Å². The standard InChI is InChI=1S/C17H21F3N6O/c1-10(9-26-13(4)8-14(24-26)17(18,19)20)16-22-21-15(27-16)5-6-25-12(3)7-11(2)23-25/h7-8,10H,5-6,9H2,1-4H3. The fourth-order valence-electron chi connectivity index (χ4n) is 2.84. The third-order valence-electron chi connectivity index (χ3n) is 4.26. The summed E-state index contributed by atoms with van der Waals surface area (Å²) in [6.45, 7) is 8.14. The fraction of sp³-hybridized carbons (Fsp3) is 0.529. The number of alkyl halides is 3. The van der Waals surface area contributed by atoms with Crippen molar-refractivity contribution in [2.75, 3.05) is 0 Å². The van der Waals surface area contributed by atoms with Crippen LogP contribution in [0.15, 0.2) is 16.5 Å². The Labute approximate surface area is 154 Å². The van der Waals surface area contributed by atoms with E-state index in [1.807, 2.05) is 31.5 Å². The highest BCUT2D eigenvalue weighted by Crippen LogP contribution is 2.29. The molecule has 0 fully saturated rings. The van der Waals surface area contributed by atoms with Crippen LogP contribution in [0.4, 0.5) is 13.2 Å². The Morgan fingerprint density at radius 2 is 1.74 bits per heavy atom. The first-order valence-electron chi connectivity index (χ1n) is 8.58. The maximum absolute atomic E-state index is 12.8. The molecule has 7 nitrogen and oxygen atoms in total. The van der Waals surface area contributed by atoms with Gasteiger partial charge in [0.25, 0.3) is 0 Å². The highest BCUT2D eigenvalue weighted by molar-refractivity contribution is 5.12. The van der Waals surface area contributed by atoms with E-state index >= 15 is 0 Å². The van der Waals surface area contributed by atoms with Gasteiger partial charge in [0.15, 0.2) is 5.69 Å². The molecule has 0 saturated heterocycles. The Kier molecular flexibility index (Phi) is 5.07. The van der Waals surface area contributed by atoms with Crippen LogP contribution in [-0.2, 0) is 25.7 Å². The molecule has 0 radical (unpaired) electrons. The van der Waals surface area contributed by atoms with Gasteiger partial charge in [-0.2, -0.15) is 23.4 Å². The predicted octanol–water partition coefficient (Wildman–Crippen LogP) is 3.45. The second-order valence-electron chi connectivity index (χ2n) is 6.69. The van der Waals surface area contributed by atoms with Gasteiger partial charge in [-0.15, -0.1) is 10.2 Å². The molecule has 146 valence electrons. The summed E-state index contributed by atoms with van der Waals surface area (Å²) in [5.41, 5.74) is 1.53. The molecule has 10 heteroatoms. The molecule has 3 aromatic rings. The first kappa shape index (κ1) is 19.1. The normalized spacial score (nSPS) is 13.3. The van der Waals surface area contributed by atoms with E-state index in [4.69, 9.17) is 4.42 Å². The Balaban J connectivity index is 1.64. The fourth-order valence-corrected chi connectivity index (χ4v) is 2.84. The Morgan fingerprint density at radius 1 is 1.04 bits per heavy atom. The maximum atomic E-state index is 12.8. The zero-order valence-corrected chi connectivity index (χ0v) is 15.6. The molecular weight excluding hydrogens is 361 g/mol. The van der Waals surface area contributed by atoms with Gasteiger partial charge in [-0.3, -0.25) is 9.36 Å². The summed E-state index contributed by atoms with van der Waals surface area (Å²) in [4.78, 5) is 0. The monoisotopic (exact) mass is 382 g/mol. The molecule has 1 atom stereocenters. The number of hydrogen-bond acceptors (Lipinski definition) is 5. The lowest BCUT2D eigenvalue weighted by Gasteiger charge is -2.09. The van der Waals surface area contributed by atoms with E-state index in [0.29, 0.717) is 30.4 Å². The highest BCUT2D eigenvalue weighted by Gasteiger charge is 2.34. The van der Waals surface area contributed by atoms with Gasteiger partial charge < -0.3 is 4.42 Å². The van der Waals surface area contributed by atoms with Crippen molar-refractivity contribution in [3.05, 3.63) is 46.7 Å². The molecule has 0 aliphatic carbocycles. The Morgan fingerprint density at radius 3 is 2.33 bits per heavy atom. The second-order valence-corrected chi connectivity index (χ2v) is 6.69. The van der Waals surface area contributed by atoms with Crippen molar-refractivity contribution in [2.24, 2.45) is 0 Å². The zero-order valence-electron chi connectivity index (χ0n) is 15.6. The van der Waals surface area contributed by atoms with Gasteiger partial charge in [-0.1, -0.05) is 6.92 Å². The van der Waals surface area contributed by atoms with Crippen LogP contribution in [0.5, 0.6) is 0 Å². The minimum Gasteiger partial charge on any atom is -0.425 e. The lowest BCUT2D eigenvalue weighted by molar-refractivity contribution is -0.141. The zero-order chi connectivity index (χ0) is 19.8. The molecule has 0 aromatic carbocycles. The molecule has 3 aromatic heterocycles. The van der Waals surface area contributed by atoms with Crippen LogP contribution in [0, 0.1) is 20.8 Å². The van der Waals surface area contributed by atoms with Crippen molar-refractivity contribution in [2.45, 2.75) is 59.3 Å². The van der Waals surface area contributed by atoms with Gasteiger partial charge in [0, 0.05) is 24.4 Å². The largest absolute Gasteiger partial charge is 0.435 e. The third kappa shape index (κ3) is 4.37. The average molecular weight is 382 g/mol. The van der Waals surface area contributed by atoms with E-state index < -0.39 is 11.9 Å². The van der Waals surface area contributed by atoms with Crippen LogP contribution in [0.2, 0.25) is 0 Å². The molecule has 3 rings (SSSR count). The van der Waals surface area contributed by atoms with Crippen molar-refractivity contribution < 1.29 is 17.6 Å². The molecule has 1 unspecified atom stereocenters. The number of rotatable bonds is 6. The van der Waals surface area contributed by atoms with Crippen LogP contribution in [-0.4, -0.2) is 29.8 Å². The van der Waals surface area contributed by atoms with E-state index in [1.165, 1.54) is 4.68 Å². The lowest BCUT2D eigenvalue weighted by Crippen LogP contribution is -2.12. The van der Waals surface area contributed by atoms with E-state index in [1.54, 1.807) is 6.92 Å². The molecule has 0 aliphatic rings. The van der Waals surface area contributed by atoms with E-state index in [2.05, 4.69) is 20.4 Å². The number of aryl methyl sites for hydroxylation is 5. The van der Waals surface area contributed by atoms with Gasteiger partial charge in [0.2, 0.25) is 11.8 Å². The average Bonchev–Trinajstić information content (AvgIpc) is 3.25. The minimum absolute atomic E-state index is 0.223. The summed E-state index contributed by atoms with van der Waals surface area (Å²) in [6.07, 6.45) is -3.93. The topological polar surface area (TPSA) is 74.6 Å². The lowest BCUT2D eigenvalue weighted by atomic mass is 10.2. The summed E-state index contributed by atoms with van der Waals surface area (Å²) in [7, 11) is 0. The van der Waals surface area contributed by atoms with Gasteiger partial charge in [0.05, 0.1) is 18.2 Å². The van der Waals surface area contributed by atoms with Crippen molar-refractivity contribution in [3.63, 3.8) is 0 Å². The van der Waals surface area contributed by atoms with Crippen LogP contribution in [0.1, 0.15) is 47.4 Å². The maximum Gasteiger partial charge on any atom is 0.435 e. The van der Waals surface area contributed by atoms with Crippen molar-refractivity contribution in [1.82, 2.24) is 29.8 Å². The van der Waals surface area contributed by atoms with Crippen molar-refractivity contribution >= 4 is 0 Å². The molecular formula is C17H21F3N6O. The minimum atomic E-state index is -4.46. The predicted molar refractivity (Wildman–Crippen MR) is 90.1 cm³/mol. The van der Waals surface area contributed by atoms with Crippen molar-refractivity contribution in [1.29, 1.82) is 0 Å². The van der Waals surface area contributed by atoms with Crippen molar-refractivity contribution in [3.8, 4) is 0 Å². The first-order chi connectivity index (χ1) is 12.6. The highest BCUT2D eigenvalue weighted by atomic mass is 19.4. The molecule has 27 heavy (non-hydrogen) atoms. The number of aromatic nitrogens is 6. The summed E-state index contributed by atoms with van der Waals surface area (Å²) >= 11 is 0. The number of hydrogen-bond donors (Lipinski definition) is 0. The van der Waals surface area contributed by atoms with Gasteiger partial charge in [-0.25, -0.2) is 0 Å². The SMILES string of the molecule is Cc1cc(C)n(CCc2nnc(C(C)Cn3nc(C(F)(F)F)cc3C)o2)n1. The molecule has 0 N–H and O–H groups in total. The smallest absolute Gasteiger partial charge is 0.425 e. The molecule has 3 heterocycles. The molecule has 0 bridgehead atoms. The van der Waals surface area contributed by atoms with Gasteiger partial charge in [-0.05, 0) is 32.9 Å². The van der Waals surface area contributed by atoms with Gasteiger partial charge in [0.1, 0.15) is 0 Å². The summed E-state index contributed by atoms with van der Waals surface area (Å²) in [5.74, 6) is 0.582. The second kappa shape index (κ2) is 7.16. The van der Waals surface area contributed by atoms with Crippen LogP contribution in [0.3, 0.4) is 0 Å². The quantitative estimate of drug-likeness (QED) is 0.653. The summed E-state index contributed by atoms with van der Waals surface area (Å²) in [6, 6.07) is 3.02. The molecule has 0 aliphatic heterocycles.